The summed E-state index contributed by atoms with van der Waals surface area (Å²) >= 11 is 0. The number of carbonyl (C=O) groups is 1. The molecule has 0 atom stereocenters. The lowest BCUT2D eigenvalue weighted by Gasteiger charge is -2.13. The van der Waals surface area contributed by atoms with Gasteiger partial charge in [-0.1, -0.05) is 24.6 Å². The maximum absolute atomic E-state index is 12.4. The minimum Gasteiger partial charge on any atom is -0.355 e. The van der Waals surface area contributed by atoms with Crippen LogP contribution in [0.4, 0.5) is 0 Å². The Morgan fingerprint density at radius 1 is 1.00 bits per heavy atom. The molecule has 0 aliphatic carbocycles. The summed E-state index contributed by atoms with van der Waals surface area (Å²) < 4.78 is 27.4. The van der Waals surface area contributed by atoms with Crippen LogP contribution in [0.1, 0.15) is 36.5 Å². The average molecular weight is 392 g/mol. The predicted octanol–water partition coefficient (Wildman–Crippen LogP) is 1.82. The van der Waals surface area contributed by atoms with Gasteiger partial charge in [-0.25, -0.2) is 13.1 Å². The monoisotopic (exact) mass is 391 g/mol. The summed E-state index contributed by atoms with van der Waals surface area (Å²) in [7, 11) is -3.61. The Bertz CT molecular complexity index is 640. The van der Waals surface area contributed by atoms with Gasteiger partial charge in [0.2, 0.25) is 15.9 Å². The SMILES string of the molecule is CCCNCCNC(=O)CCNS(=O)(=O)c1c(C)cc(C)cc1C.Cl. The lowest BCUT2D eigenvalue weighted by molar-refractivity contribution is -0.120. The number of carbonyl (C=O) groups excluding carboxylic acids is 1. The molecule has 1 aromatic carbocycles. The summed E-state index contributed by atoms with van der Waals surface area (Å²) in [4.78, 5) is 12.0. The fourth-order valence-electron chi connectivity index (χ4n) is 2.64. The van der Waals surface area contributed by atoms with Crippen molar-refractivity contribution in [2.24, 2.45) is 0 Å². The fourth-order valence-corrected chi connectivity index (χ4v) is 4.12. The summed E-state index contributed by atoms with van der Waals surface area (Å²) in [5.74, 6) is -0.159. The summed E-state index contributed by atoms with van der Waals surface area (Å²) in [6.07, 6.45) is 1.17. The van der Waals surface area contributed by atoms with E-state index in [-0.39, 0.29) is 31.3 Å². The summed E-state index contributed by atoms with van der Waals surface area (Å²) in [5, 5.41) is 5.94. The van der Waals surface area contributed by atoms with E-state index in [1.54, 1.807) is 13.8 Å². The molecule has 0 aliphatic rings. The lowest BCUT2D eigenvalue weighted by atomic mass is 10.1. The zero-order chi connectivity index (χ0) is 18.2. The van der Waals surface area contributed by atoms with Crippen molar-refractivity contribution in [3.8, 4) is 0 Å². The summed E-state index contributed by atoms with van der Waals surface area (Å²) in [6.45, 7) is 9.84. The molecule has 0 unspecified atom stereocenters. The Labute approximate surface area is 157 Å². The number of sulfonamides is 1. The Kier molecular flexibility index (Phi) is 10.9. The fraction of sp³-hybridized carbons (Fsp3) is 0.588. The second-order valence-electron chi connectivity index (χ2n) is 5.98. The van der Waals surface area contributed by atoms with Crippen molar-refractivity contribution in [1.82, 2.24) is 15.4 Å². The van der Waals surface area contributed by atoms with Crippen molar-refractivity contribution in [2.45, 2.75) is 45.4 Å². The van der Waals surface area contributed by atoms with Gasteiger partial charge in [0, 0.05) is 26.1 Å². The van der Waals surface area contributed by atoms with Crippen LogP contribution < -0.4 is 15.4 Å². The van der Waals surface area contributed by atoms with E-state index in [1.807, 2.05) is 19.1 Å². The highest BCUT2D eigenvalue weighted by molar-refractivity contribution is 7.89. The number of rotatable bonds is 10. The van der Waals surface area contributed by atoms with Crippen LogP contribution >= 0.6 is 12.4 Å². The number of hydrogen-bond donors (Lipinski definition) is 3. The first-order valence-corrected chi connectivity index (χ1v) is 9.81. The molecule has 0 bridgehead atoms. The lowest BCUT2D eigenvalue weighted by Crippen LogP contribution is -2.35. The molecule has 0 radical (unpaired) electrons. The van der Waals surface area contributed by atoms with Crippen LogP contribution in [0.15, 0.2) is 17.0 Å². The van der Waals surface area contributed by atoms with Crippen molar-refractivity contribution in [3.63, 3.8) is 0 Å². The molecule has 0 saturated carbocycles. The summed E-state index contributed by atoms with van der Waals surface area (Å²) in [6, 6.07) is 3.69. The van der Waals surface area contributed by atoms with Crippen molar-refractivity contribution in [2.75, 3.05) is 26.2 Å². The van der Waals surface area contributed by atoms with Gasteiger partial charge in [-0.15, -0.1) is 12.4 Å². The predicted molar refractivity (Wildman–Crippen MR) is 104 cm³/mol. The highest BCUT2D eigenvalue weighted by Gasteiger charge is 2.19. The van der Waals surface area contributed by atoms with Crippen LogP contribution in [0.25, 0.3) is 0 Å². The van der Waals surface area contributed by atoms with Gasteiger partial charge in [-0.2, -0.15) is 0 Å². The first-order chi connectivity index (χ1) is 11.3. The molecule has 0 aromatic heterocycles. The third-order valence-electron chi connectivity index (χ3n) is 3.57. The van der Waals surface area contributed by atoms with Gasteiger partial charge in [-0.05, 0) is 44.9 Å². The third kappa shape index (κ3) is 8.18. The van der Waals surface area contributed by atoms with Crippen LogP contribution in [-0.2, 0) is 14.8 Å². The van der Waals surface area contributed by atoms with Gasteiger partial charge >= 0.3 is 0 Å². The highest BCUT2D eigenvalue weighted by atomic mass is 35.5. The van der Waals surface area contributed by atoms with Crippen molar-refractivity contribution in [3.05, 3.63) is 28.8 Å². The Morgan fingerprint density at radius 3 is 2.16 bits per heavy atom. The van der Waals surface area contributed by atoms with Gasteiger partial charge in [0.25, 0.3) is 0 Å². The number of aryl methyl sites for hydroxylation is 3. The smallest absolute Gasteiger partial charge is 0.241 e. The molecule has 1 aromatic rings. The third-order valence-corrected chi connectivity index (χ3v) is 5.33. The molecule has 8 heteroatoms. The number of nitrogens with one attached hydrogen (secondary N) is 3. The van der Waals surface area contributed by atoms with Gasteiger partial charge < -0.3 is 10.6 Å². The molecule has 3 N–H and O–H groups in total. The van der Waals surface area contributed by atoms with E-state index in [0.29, 0.717) is 29.1 Å². The maximum atomic E-state index is 12.4. The zero-order valence-electron chi connectivity index (χ0n) is 15.4. The van der Waals surface area contributed by atoms with Gasteiger partial charge in [0.15, 0.2) is 0 Å². The quantitative estimate of drug-likeness (QED) is 0.531. The number of benzene rings is 1. The van der Waals surface area contributed by atoms with Crippen LogP contribution in [-0.4, -0.2) is 40.5 Å². The summed E-state index contributed by atoms with van der Waals surface area (Å²) in [5.41, 5.74) is 2.46. The first kappa shape index (κ1) is 23.9. The molecule has 0 heterocycles. The molecule has 6 nitrogen and oxygen atoms in total. The molecule has 0 aliphatic heterocycles. The molecule has 1 amide bonds. The standard InChI is InChI=1S/C17H29N3O3S.ClH/c1-5-7-18-9-10-19-16(21)6-8-20-24(22,23)17-14(3)11-13(2)12-15(17)4;/h11-12,18,20H,5-10H2,1-4H3,(H,19,21);1H. The van der Waals surface area contributed by atoms with E-state index in [9.17, 15) is 13.2 Å². The molecular formula is C17H30ClN3O3S. The van der Waals surface area contributed by atoms with Crippen molar-refractivity contribution >= 4 is 28.3 Å². The zero-order valence-corrected chi connectivity index (χ0v) is 17.1. The number of halogens is 1. The first-order valence-electron chi connectivity index (χ1n) is 8.33. The Morgan fingerprint density at radius 2 is 1.60 bits per heavy atom. The van der Waals surface area contributed by atoms with Crippen LogP contribution in [0.2, 0.25) is 0 Å². The number of amides is 1. The van der Waals surface area contributed by atoms with Gasteiger partial charge in [-0.3, -0.25) is 4.79 Å². The topological polar surface area (TPSA) is 87.3 Å². The number of hydrogen-bond acceptors (Lipinski definition) is 4. The van der Waals surface area contributed by atoms with E-state index >= 15 is 0 Å². The van der Waals surface area contributed by atoms with Gasteiger partial charge in [0.05, 0.1) is 4.90 Å². The van der Waals surface area contributed by atoms with E-state index in [2.05, 4.69) is 22.3 Å². The maximum Gasteiger partial charge on any atom is 0.241 e. The molecule has 144 valence electrons. The van der Waals surface area contributed by atoms with E-state index < -0.39 is 10.0 Å². The molecule has 0 saturated heterocycles. The normalized spacial score (nSPS) is 11.0. The second kappa shape index (κ2) is 11.5. The molecule has 1 rings (SSSR count). The van der Waals surface area contributed by atoms with Crippen LogP contribution in [0.5, 0.6) is 0 Å². The minimum atomic E-state index is -3.61. The van der Waals surface area contributed by atoms with Crippen molar-refractivity contribution in [1.29, 1.82) is 0 Å². The Hall–Kier alpha value is -1.15. The highest BCUT2D eigenvalue weighted by Crippen LogP contribution is 2.21. The molecule has 0 spiro atoms. The molecule has 0 fully saturated rings. The van der Waals surface area contributed by atoms with Gasteiger partial charge in [0.1, 0.15) is 0 Å². The van der Waals surface area contributed by atoms with E-state index in [0.717, 1.165) is 18.5 Å². The largest absolute Gasteiger partial charge is 0.355 e. The minimum absolute atomic E-state index is 0. The van der Waals surface area contributed by atoms with Crippen LogP contribution in [0.3, 0.4) is 0 Å². The molecular weight excluding hydrogens is 362 g/mol. The Balaban J connectivity index is 0.00000576. The molecule has 25 heavy (non-hydrogen) atoms. The van der Waals surface area contributed by atoms with Crippen LogP contribution in [0, 0.1) is 20.8 Å². The second-order valence-corrected chi connectivity index (χ2v) is 7.68. The van der Waals surface area contributed by atoms with Crippen molar-refractivity contribution < 1.29 is 13.2 Å². The average Bonchev–Trinajstić information content (AvgIpc) is 2.45. The van der Waals surface area contributed by atoms with E-state index in [1.165, 1.54) is 0 Å². The van der Waals surface area contributed by atoms with E-state index in [4.69, 9.17) is 0 Å².